The maximum Gasteiger partial charge on any atom is 0.0733 e. The molecule has 0 spiro atoms. The van der Waals surface area contributed by atoms with E-state index in [2.05, 4.69) is 19.2 Å². The molecule has 1 N–H and O–H groups in total. The van der Waals surface area contributed by atoms with Crippen molar-refractivity contribution < 1.29 is 4.74 Å². The van der Waals surface area contributed by atoms with Crippen molar-refractivity contribution in [1.29, 1.82) is 0 Å². The fraction of sp³-hybridized carbons (Fsp3) is 1.00. The van der Waals surface area contributed by atoms with Crippen LogP contribution in [0.2, 0.25) is 0 Å². The summed E-state index contributed by atoms with van der Waals surface area (Å²) in [4.78, 5) is 0. The van der Waals surface area contributed by atoms with Crippen molar-refractivity contribution >= 4 is 0 Å². The second-order valence-corrected chi connectivity index (χ2v) is 5.76. The molecule has 2 heterocycles. The highest BCUT2D eigenvalue weighted by molar-refractivity contribution is 5.01. The summed E-state index contributed by atoms with van der Waals surface area (Å²) in [6.07, 6.45) is 7.76. The zero-order chi connectivity index (χ0) is 9.76. The second kappa shape index (κ2) is 2.96. The summed E-state index contributed by atoms with van der Waals surface area (Å²) < 4.78 is 5.86. The van der Waals surface area contributed by atoms with Gasteiger partial charge in [0.25, 0.3) is 0 Å². The van der Waals surface area contributed by atoms with Gasteiger partial charge >= 0.3 is 0 Å². The predicted octanol–water partition coefficient (Wildman–Crippen LogP) is 2.08. The third kappa shape index (κ3) is 1.40. The summed E-state index contributed by atoms with van der Waals surface area (Å²) in [6, 6.07) is 1.33. The van der Waals surface area contributed by atoms with Crippen LogP contribution >= 0.6 is 0 Å². The third-order valence-corrected chi connectivity index (χ3v) is 4.65. The molecule has 4 unspecified atom stereocenters. The molecular formula is C12H21NO. The smallest absolute Gasteiger partial charge is 0.0733 e. The second-order valence-electron chi connectivity index (χ2n) is 5.76. The van der Waals surface area contributed by atoms with Crippen LogP contribution in [0.25, 0.3) is 0 Å². The van der Waals surface area contributed by atoms with E-state index in [4.69, 9.17) is 4.74 Å². The molecule has 0 aromatic heterocycles. The maximum atomic E-state index is 5.86. The molecule has 2 saturated heterocycles. The topological polar surface area (TPSA) is 21.3 Å². The quantitative estimate of drug-likeness (QED) is 0.744. The van der Waals surface area contributed by atoms with Crippen LogP contribution in [-0.2, 0) is 4.74 Å². The summed E-state index contributed by atoms with van der Waals surface area (Å²) >= 11 is 0. The molecule has 0 amide bonds. The Hall–Kier alpha value is -0.0800. The largest absolute Gasteiger partial charge is 0.373 e. The van der Waals surface area contributed by atoms with Gasteiger partial charge in [-0.3, -0.25) is 0 Å². The summed E-state index contributed by atoms with van der Waals surface area (Å²) in [7, 11) is 0. The van der Waals surface area contributed by atoms with E-state index in [1.807, 2.05) is 0 Å². The molecule has 2 heteroatoms. The Balaban J connectivity index is 1.57. The summed E-state index contributed by atoms with van der Waals surface area (Å²) in [6.45, 7) is 4.75. The van der Waals surface area contributed by atoms with Crippen LogP contribution in [0.5, 0.6) is 0 Å². The van der Waals surface area contributed by atoms with Gasteiger partial charge in [0.1, 0.15) is 0 Å². The molecule has 2 aliphatic heterocycles. The van der Waals surface area contributed by atoms with Gasteiger partial charge in [0.15, 0.2) is 0 Å². The van der Waals surface area contributed by atoms with E-state index in [9.17, 15) is 0 Å². The lowest BCUT2D eigenvalue weighted by Crippen LogP contribution is -2.45. The van der Waals surface area contributed by atoms with Gasteiger partial charge in [-0.15, -0.1) is 0 Å². The first kappa shape index (κ1) is 9.17. The molecule has 1 aliphatic carbocycles. The normalized spacial score (nSPS) is 45.4. The minimum Gasteiger partial charge on any atom is -0.373 e. The van der Waals surface area contributed by atoms with Gasteiger partial charge in [-0.25, -0.2) is 0 Å². The fourth-order valence-electron chi connectivity index (χ4n) is 2.97. The Morgan fingerprint density at radius 1 is 1.36 bits per heavy atom. The number of hydrogen-bond acceptors (Lipinski definition) is 2. The molecule has 2 bridgehead atoms. The van der Waals surface area contributed by atoms with Crippen molar-refractivity contribution in [3.8, 4) is 0 Å². The standard InChI is InChI=1S/C12H21NO/c1-8(12(2)5-6-12)13-10-7-9-3-4-11(10)14-9/h8-11,13H,3-7H2,1-2H3. The molecule has 0 radical (unpaired) electrons. The van der Waals surface area contributed by atoms with Gasteiger partial charge < -0.3 is 10.1 Å². The van der Waals surface area contributed by atoms with Gasteiger partial charge in [-0.2, -0.15) is 0 Å². The lowest BCUT2D eigenvalue weighted by Gasteiger charge is -2.28. The summed E-state index contributed by atoms with van der Waals surface area (Å²) in [5.41, 5.74) is 0.599. The highest BCUT2D eigenvalue weighted by Gasteiger charge is 2.46. The van der Waals surface area contributed by atoms with Crippen molar-refractivity contribution in [1.82, 2.24) is 5.32 Å². The Morgan fingerprint density at radius 2 is 2.14 bits per heavy atom. The molecule has 80 valence electrons. The lowest BCUT2D eigenvalue weighted by molar-refractivity contribution is 0.0949. The number of ether oxygens (including phenoxy) is 1. The van der Waals surface area contributed by atoms with E-state index in [0.717, 1.165) is 0 Å². The van der Waals surface area contributed by atoms with Crippen LogP contribution < -0.4 is 5.32 Å². The Bertz CT molecular complexity index is 236. The molecular weight excluding hydrogens is 174 g/mol. The number of nitrogens with one attached hydrogen (secondary N) is 1. The van der Waals surface area contributed by atoms with Crippen LogP contribution in [0.3, 0.4) is 0 Å². The molecule has 14 heavy (non-hydrogen) atoms. The van der Waals surface area contributed by atoms with E-state index in [0.29, 0.717) is 29.7 Å². The minimum atomic E-state index is 0.532. The monoisotopic (exact) mass is 195 g/mol. The molecule has 0 aromatic rings. The van der Waals surface area contributed by atoms with Crippen molar-refractivity contribution in [2.24, 2.45) is 5.41 Å². The first-order valence-electron chi connectivity index (χ1n) is 6.09. The van der Waals surface area contributed by atoms with E-state index < -0.39 is 0 Å². The van der Waals surface area contributed by atoms with E-state index in [1.54, 1.807) is 0 Å². The van der Waals surface area contributed by atoms with Crippen molar-refractivity contribution in [3.63, 3.8) is 0 Å². The Labute approximate surface area is 86.4 Å². The predicted molar refractivity (Wildman–Crippen MR) is 56.2 cm³/mol. The number of hydrogen-bond donors (Lipinski definition) is 1. The zero-order valence-corrected chi connectivity index (χ0v) is 9.25. The van der Waals surface area contributed by atoms with Crippen LogP contribution in [0.4, 0.5) is 0 Å². The maximum absolute atomic E-state index is 5.86. The lowest BCUT2D eigenvalue weighted by atomic mass is 9.92. The van der Waals surface area contributed by atoms with Crippen molar-refractivity contribution in [2.75, 3.05) is 0 Å². The molecule has 3 rings (SSSR count). The summed E-state index contributed by atoms with van der Waals surface area (Å²) in [5, 5.41) is 3.79. The van der Waals surface area contributed by atoms with Gasteiger partial charge in [0, 0.05) is 12.1 Å². The van der Waals surface area contributed by atoms with Crippen LogP contribution in [0.1, 0.15) is 46.0 Å². The Kier molecular flexibility index (Phi) is 1.94. The van der Waals surface area contributed by atoms with Gasteiger partial charge in [-0.1, -0.05) is 6.92 Å². The van der Waals surface area contributed by atoms with E-state index in [1.165, 1.54) is 32.1 Å². The first-order valence-corrected chi connectivity index (χ1v) is 6.09. The highest BCUT2D eigenvalue weighted by atomic mass is 16.5. The van der Waals surface area contributed by atoms with Gasteiger partial charge in [0.05, 0.1) is 12.2 Å². The van der Waals surface area contributed by atoms with Crippen molar-refractivity contribution in [2.45, 2.75) is 70.2 Å². The highest BCUT2D eigenvalue weighted by Crippen LogP contribution is 2.48. The molecule has 1 saturated carbocycles. The van der Waals surface area contributed by atoms with E-state index >= 15 is 0 Å². The fourth-order valence-corrected chi connectivity index (χ4v) is 2.97. The molecule has 2 nitrogen and oxygen atoms in total. The van der Waals surface area contributed by atoms with Crippen LogP contribution in [0.15, 0.2) is 0 Å². The SMILES string of the molecule is CC(NC1CC2CCC1O2)C1(C)CC1. The van der Waals surface area contributed by atoms with E-state index in [-0.39, 0.29) is 0 Å². The van der Waals surface area contributed by atoms with Crippen LogP contribution in [-0.4, -0.2) is 24.3 Å². The van der Waals surface area contributed by atoms with Gasteiger partial charge in [0.2, 0.25) is 0 Å². The third-order valence-electron chi connectivity index (χ3n) is 4.65. The first-order chi connectivity index (χ1) is 6.67. The average molecular weight is 195 g/mol. The Morgan fingerprint density at radius 3 is 2.64 bits per heavy atom. The van der Waals surface area contributed by atoms with Crippen molar-refractivity contribution in [3.05, 3.63) is 0 Å². The number of fused-ring (bicyclic) bond motifs is 2. The molecule has 3 fully saturated rings. The van der Waals surface area contributed by atoms with Crippen LogP contribution in [0, 0.1) is 5.41 Å². The molecule has 0 aromatic carbocycles. The number of rotatable bonds is 3. The minimum absolute atomic E-state index is 0.532. The zero-order valence-electron chi connectivity index (χ0n) is 9.25. The summed E-state index contributed by atoms with van der Waals surface area (Å²) in [5.74, 6) is 0. The van der Waals surface area contributed by atoms with Gasteiger partial charge in [-0.05, 0) is 44.4 Å². The molecule has 3 aliphatic rings. The molecule has 4 atom stereocenters. The average Bonchev–Trinajstić information content (AvgIpc) is 2.63.